The number of benzene rings is 3. The van der Waals surface area contributed by atoms with Crippen LogP contribution in [0.15, 0.2) is 78.4 Å². The van der Waals surface area contributed by atoms with E-state index in [2.05, 4.69) is 4.90 Å². The highest BCUT2D eigenvalue weighted by molar-refractivity contribution is 6.21. The van der Waals surface area contributed by atoms with E-state index in [0.29, 0.717) is 24.2 Å². The van der Waals surface area contributed by atoms with Crippen molar-refractivity contribution in [3.05, 3.63) is 84.0 Å². The zero-order valence-electron chi connectivity index (χ0n) is 19.8. The number of Topliss-reactive ketones (excluding diaryl/α,β-unsaturated/α-hetero) is 1. The van der Waals surface area contributed by atoms with Crippen LogP contribution in [0.4, 0.5) is 0 Å². The second-order valence-corrected chi connectivity index (χ2v) is 9.34. The predicted octanol–water partition coefficient (Wildman–Crippen LogP) is 5.86. The Labute approximate surface area is 206 Å². The summed E-state index contributed by atoms with van der Waals surface area (Å²) in [6.07, 6.45) is 10.3. The third kappa shape index (κ3) is 5.31. The molecule has 1 atom stereocenters. The molecule has 1 heterocycles. The Morgan fingerprint density at radius 2 is 1.80 bits per heavy atom. The summed E-state index contributed by atoms with van der Waals surface area (Å²) in [5, 5.41) is 21.5. The topological polar surface area (TPSA) is 70.0 Å². The fourth-order valence-corrected chi connectivity index (χ4v) is 5.03. The molecular weight excluding hydrogens is 438 g/mol. The van der Waals surface area contributed by atoms with Crippen molar-refractivity contribution in [3.8, 4) is 22.6 Å². The Balaban J connectivity index is 1.37. The molecule has 0 radical (unpaired) electrons. The molecule has 2 aliphatic rings. The van der Waals surface area contributed by atoms with E-state index in [-0.39, 0.29) is 23.4 Å². The summed E-state index contributed by atoms with van der Waals surface area (Å²) in [5.41, 5.74) is 2.71. The number of likely N-dealkylation sites (tertiary alicyclic amines) is 1. The van der Waals surface area contributed by atoms with Gasteiger partial charge in [0.15, 0.2) is 5.78 Å². The van der Waals surface area contributed by atoms with E-state index in [9.17, 15) is 15.0 Å². The van der Waals surface area contributed by atoms with Crippen LogP contribution < -0.4 is 0 Å². The molecule has 5 rings (SSSR count). The fourth-order valence-electron chi connectivity index (χ4n) is 5.03. The van der Waals surface area contributed by atoms with Gasteiger partial charge in [0, 0.05) is 17.7 Å². The minimum Gasteiger partial charge on any atom is -0.508 e. The summed E-state index contributed by atoms with van der Waals surface area (Å²) in [5.74, 6) is 0.220. The largest absolute Gasteiger partial charge is 0.508 e. The Hall–Kier alpha value is -3.41. The van der Waals surface area contributed by atoms with E-state index < -0.39 is 0 Å². The van der Waals surface area contributed by atoms with E-state index in [4.69, 9.17) is 4.74 Å². The number of piperidine rings is 1. The Morgan fingerprint density at radius 3 is 2.57 bits per heavy atom. The number of ether oxygens (including phenoxy) is 1. The first-order chi connectivity index (χ1) is 17.1. The molecule has 35 heavy (non-hydrogen) atoms. The SMILES string of the molecule is O=C(C1=CCC(OCCN2CCCCC2)C=C1)c1c(-c2cccc(O)c2)ccc2cc(O)ccc12. The molecule has 180 valence electrons. The number of hydrogen-bond acceptors (Lipinski definition) is 5. The zero-order chi connectivity index (χ0) is 24.2. The van der Waals surface area contributed by atoms with Crippen LogP contribution >= 0.6 is 0 Å². The number of nitrogens with zero attached hydrogens (tertiary/aromatic N) is 1. The van der Waals surface area contributed by atoms with Gasteiger partial charge < -0.3 is 19.8 Å². The molecule has 1 aliphatic heterocycles. The number of aromatic hydroxyl groups is 2. The van der Waals surface area contributed by atoms with Gasteiger partial charge in [-0.2, -0.15) is 0 Å². The average Bonchev–Trinajstić information content (AvgIpc) is 2.88. The number of allylic oxidation sites excluding steroid dienone is 2. The van der Waals surface area contributed by atoms with Crippen LogP contribution in [-0.2, 0) is 4.74 Å². The van der Waals surface area contributed by atoms with Gasteiger partial charge >= 0.3 is 0 Å². The lowest BCUT2D eigenvalue weighted by molar-refractivity contribution is 0.0609. The summed E-state index contributed by atoms with van der Waals surface area (Å²) in [4.78, 5) is 16.3. The number of phenols is 2. The van der Waals surface area contributed by atoms with Crippen LogP contribution in [0.2, 0.25) is 0 Å². The first-order valence-electron chi connectivity index (χ1n) is 12.4. The number of rotatable bonds is 7. The molecule has 3 aromatic carbocycles. The number of ketones is 1. The van der Waals surface area contributed by atoms with E-state index in [1.807, 2.05) is 36.4 Å². The third-order valence-corrected chi connectivity index (χ3v) is 6.90. The zero-order valence-corrected chi connectivity index (χ0v) is 19.8. The minimum atomic E-state index is -0.0809. The van der Waals surface area contributed by atoms with E-state index in [1.54, 1.807) is 36.4 Å². The van der Waals surface area contributed by atoms with Gasteiger partial charge in [0.2, 0.25) is 0 Å². The quantitative estimate of drug-likeness (QED) is 0.424. The van der Waals surface area contributed by atoms with Crippen LogP contribution in [0.25, 0.3) is 21.9 Å². The number of phenolic OH excluding ortho intramolecular Hbond substituents is 2. The normalized spacial score (nSPS) is 18.5. The Kier molecular flexibility index (Phi) is 6.98. The summed E-state index contributed by atoms with van der Waals surface area (Å²) in [6, 6.07) is 15.7. The van der Waals surface area contributed by atoms with Crippen LogP contribution in [0.3, 0.4) is 0 Å². The van der Waals surface area contributed by atoms with Crippen LogP contribution in [0, 0.1) is 0 Å². The highest BCUT2D eigenvalue weighted by Gasteiger charge is 2.22. The molecule has 0 spiro atoms. The molecule has 5 heteroatoms. The first kappa shape index (κ1) is 23.3. The van der Waals surface area contributed by atoms with Crippen LogP contribution in [0.1, 0.15) is 36.0 Å². The average molecular weight is 470 g/mol. The molecule has 0 saturated carbocycles. The standard InChI is InChI=1S/C30H31NO4/c32-24-6-4-5-22(19-24)27-13-9-23-20-25(33)10-14-28(23)29(27)30(34)21-7-11-26(12-8-21)35-18-17-31-15-2-1-3-16-31/h4-11,13-14,19-20,26,32-33H,1-3,12,15-18H2. The molecular formula is C30H31NO4. The Bertz CT molecular complexity index is 1290. The van der Waals surface area contributed by atoms with E-state index >= 15 is 0 Å². The number of carbonyl (C=O) groups excluding carboxylic acids is 1. The van der Waals surface area contributed by atoms with E-state index in [1.165, 1.54) is 19.3 Å². The van der Waals surface area contributed by atoms with Gasteiger partial charge in [0.05, 0.1) is 12.7 Å². The molecule has 3 aromatic rings. The smallest absolute Gasteiger partial charge is 0.193 e. The fraction of sp³-hybridized carbons (Fsp3) is 0.300. The van der Waals surface area contributed by atoms with Gasteiger partial charge in [-0.25, -0.2) is 0 Å². The van der Waals surface area contributed by atoms with Crippen molar-refractivity contribution in [2.75, 3.05) is 26.2 Å². The lowest BCUT2D eigenvalue weighted by atomic mass is 9.87. The molecule has 1 aliphatic carbocycles. The lowest BCUT2D eigenvalue weighted by Gasteiger charge is -2.27. The van der Waals surface area contributed by atoms with Gasteiger partial charge in [-0.3, -0.25) is 4.79 Å². The number of carbonyl (C=O) groups is 1. The maximum absolute atomic E-state index is 13.8. The maximum Gasteiger partial charge on any atom is 0.193 e. The van der Waals surface area contributed by atoms with Gasteiger partial charge in [-0.15, -0.1) is 0 Å². The monoisotopic (exact) mass is 469 g/mol. The van der Waals surface area contributed by atoms with Gasteiger partial charge in [0.25, 0.3) is 0 Å². The molecule has 1 saturated heterocycles. The van der Waals surface area contributed by atoms with Gasteiger partial charge in [-0.1, -0.05) is 48.9 Å². The van der Waals surface area contributed by atoms with Crippen LogP contribution in [-0.4, -0.2) is 53.2 Å². The minimum absolute atomic E-state index is 0.0219. The van der Waals surface area contributed by atoms with Crippen molar-refractivity contribution in [1.82, 2.24) is 4.90 Å². The molecule has 2 N–H and O–H groups in total. The highest BCUT2D eigenvalue weighted by Crippen LogP contribution is 2.35. The van der Waals surface area contributed by atoms with Crippen molar-refractivity contribution in [1.29, 1.82) is 0 Å². The number of hydrogen-bond donors (Lipinski definition) is 2. The molecule has 0 amide bonds. The Morgan fingerprint density at radius 1 is 0.971 bits per heavy atom. The summed E-state index contributed by atoms with van der Waals surface area (Å²) < 4.78 is 6.07. The molecule has 0 aromatic heterocycles. The molecule has 1 fully saturated rings. The third-order valence-electron chi connectivity index (χ3n) is 6.90. The summed E-state index contributed by atoms with van der Waals surface area (Å²) >= 11 is 0. The maximum atomic E-state index is 13.8. The van der Waals surface area contributed by atoms with Crippen molar-refractivity contribution < 1.29 is 19.7 Å². The van der Waals surface area contributed by atoms with Gasteiger partial charge in [0.1, 0.15) is 11.5 Å². The molecule has 0 bridgehead atoms. The summed E-state index contributed by atoms with van der Waals surface area (Å²) in [6.45, 7) is 3.97. The van der Waals surface area contributed by atoms with E-state index in [0.717, 1.165) is 41.5 Å². The highest BCUT2D eigenvalue weighted by atomic mass is 16.5. The van der Waals surface area contributed by atoms with Crippen molar-refractivity contribution in [3.63, 3.8) is 0 Å². The van der Waals surface area contributed by atoms with Crippen LogP contribution in [0.5, 0.6) is 11.5 Å². The molecule has 5 nitrogen and oxygen atoms in total. The lowest BCUT2D eigenvalue weighted by Crippen LogP contribution is -2.33. The summed E-state index contributed by atoms with van der Waals surface area (Å²) in [7, 11) is 0. The first-order valence-corrected chi connectivity index (χ1v) is 12.4. The second-order valence-electron chi connectivity index (χ2n) is 9.34. The van der Waals surface area contributed by atoms with Crippen molar-refractivity contribution in [2.24, 2.45) is 0 Å². The van der Waals surface area contributed by atoms with Gasteiger partial charge in [-0.05, 0) is 84.6 Å². The number of fused-ring (bicyclic) bond motifs is 1. The molecule has 1 unspecified atom stereocenters. The second kappa shape index (κ2) is 10.5. The van der Waals surface area contributed by atoms with Crippen molar-refractivity contribution in [2.45, 2.75) is 31.8 Å². The predicted molar refractivity (Wildman–Crippen MR) is 139 cm³/mol. The van der Waals surface area contributed by atoms with Crippen molar-refractivity contribution >= 4 is 16.6 Å².